The highest BCUT2D eigenvalue weighted by Crippen LogP contribution is 2.51. The van der Waals surface area contributed by atoms with Crippen molar-refractivity contribution in [3.8, 4) is 11.8 Å². The predicted molar refractivity (Wildman–Crippen MR) is 170 cm³/mol. The van der Waals surface area contributed by atoms with E-state index in [1.165, 1.54) is 11.1 Å². The average molecular weight is 597 g/mol. The fourth-order valence-electron chi connectivity index (χ4n) is 7.42. The molecule has 232 valence electrons. The Balaban J connectivity index is 1.40. The van der Waals surface area contributed by atoms with E-state index in [1.807, 2.05) is 38.1 Å². The summed E-state index contributed by atoms with van der Waals surface area (Å²) < 4.78 is 7.85. The summed E-state index contributed by atoms with van der Waals surface area (Å²) in [5.74, 6) is 1.36. The van der Waals surface area contributed by atoms with Gasteiger partial charge in [0, 0.05) is 61.8 Å². The smallest absolute Gasteiger partial charge is 0.254 e. The number of benzene rings is 1. The molecule has 1 atom stereocenters. The highest BCUT2D eigenvalue weighted by molar-refractivity contribution is 5.98. The van der Waals surface area contributed by atoms with E-state index in [4.69, 9.17) is 4.74 Å². The number of carbonyl (C=O) groups is 1. The van der Waals surface area contributed by atoms with E-state index in [0.29, 0.717) is 37.1 Å². The number of hydrogen-bond donors (Lipinski definition) is 2. The fraction of sp³-hybridized carbons (Fsp3) is 0.529. The lowest BCUT2D eigenvalue weighted by Gasteiger charge is -2.52. The number of hydrogen-bond acceptors (Lipinski definition) is 8. The number of likely N-dealkylation sites (tertiary alicyclic amines) is 1. The molecule has 3 aromatic rings. The minimum Gasteiger partial charge on any atom is -0.492 e. The SMILES string of the molecule is CCOc1cc([C@H](C)N2CC3(CCC3)c3c(CN4CCC(NC)CC4)cc(Cn4ccnc4NC)cc3C2=O)ncc1C#N. The van der Waals surface area contributed by atoms with Crippen LogP contribution in [-0.4, -0.2) is 76.6 Å². The molecule has 44 heavy (non-hydrogen) atoms. The van der Waals surface area contributed by atoms with Crippen LogP contribution in [-0.2, 0) is 18.5 Å². The molecule has 0 radical (unpaired) electrons. The van der Waals surface area contributed by atoms with Crippen LogP contribution in [0.1, 0.15) is 90.3 Å². The van der Waals surface area contributed by atoms with Crippen LogP contribution in [0.15, 0.2) is 36.8 Å². The summed E-state index contributed by atoms with van der Waals surface area (Å²) in [6.45, 7) is 8.65. The van der Waals surface area contributed by atoms with Crippen molar-refractivity contribution in [2.24, 2.45) is 0 Å². The molecule has 6 rings (SSSR count). The number of anilines is 1. The molecular weight excluding hydrogens is 552 g/mol. The van der Waals surface area contributed by atoms with Crippen LogP contribution in [0.3, 0.4) is 0 Å². The van der Waals surface area contributed by atoms with Crippen molar-refractivity contribution in [3.63, 3.8) is 0 Å². The van der Waals surface area contributed by atoms with Crippen molar-refractivity contribution < 1.29 is 9.53 Å². The number of amides is 1. The second-order valence-corrected chi connectivity index (χ2v) is 12.5. The van der Waals surface area contributed by atoms with E-state index in [1.54, 1.807) is 12.4 Å². The van der Waals surface area contributed by atoms with Gasteiger partial charge in [0.2, 0.25) is 5.95 Å². The van der Waals surface area contributed by atoms with Crippen LogP contribution in [0.4, 0.5) is 5.95 Å². The maximum atomic E-state index is 14.6. The van der Waals surface area contributed by atoms with Gasteiger partial charge < -0.3 is 24.8 Å². The van der Waals surface area contributed by atoms with Crippen LogP contribution in [0.25, 0.3) is 0 Å². The Morgan fingerprint density at radius 2 is 1.95 bits per heavy atom. The number of piperidine rings is 1. The van der Waals surface area contributed by atoms with Crippen LogP contribution >= 0.6 is 0 Å². The maximum Gasteiger partial charge on any atom is 0.254 e. The molecule has 1 saturated heterocycles. The Morgan fingerprint density at radius 1 is 1.16 bits per heavy atom. The number of nitrogens with zero attached hydrogens (tertiary/aromatic N) is 6. The van der Waals surface area contributed by atoms with Gasteiger partial charge in [-0.25, -0.2) is 4.98 Å². The second-order valence-electron chi connectivity index (χ2n) is 12.5. The van der Waals surface area contributed by atoms with Crippen LogP contribution in [0.5, 0.6) is 5.75 Å². The predicted octanol–water partition coefficient (Wildman–Crippen LogP) is 4.46. The topological polar surface area (TPSA) is 111 Å². The summed E-state index contributed by atoms with van der Waals surface area (Å²) in [7, 11) is 3.93. The van der Waals surface area contributed by atoms with Crippen molar-refractivity contribution in [3.05, 3.63) is 70.3 Å². The zero-order valence-electron chi connectivity index (χ0n) is 26.4. The standard InChI is InChI=1S/C34H44N8O2/c1-5-44-30-17-29(39-19-26(30)18-35)23(2)42-22-34(9-6-10-34)31-25(21-40-12-7-27(36-3)8-13-40)15-24(16-28(31)32(42)43)20-41-14-11-38-33(41)37-4/h11,14-17,19,23,27,36H,5-10,12-13,20-22H2,1-4H3,(H,37,38)/t23-/m0/s1. The Labute approximate surface area is 260 Å². The third-order valence-corrected chi connectivity index (χ3v) is 9.97. The second kappa shape index (κ2) is 12.6. The molecule has 0 bridgehead atoms. The first kappa shape index (κ1) is 30.1. The number of ether oxygens (including phenoxy) is 1. The Kier molecular flexibility index (Phi) is 8.61. The summed E-state index contributed by atoms with van der Waals surface area (Å²) >= 11 is 0. The lowest BCUT2D eigenvalue weighted by atomic mass is 9.60. The van der Waals surface area contributed by atoms with Gasteiger partial charge in [-0.15, -0.1) is 0 Å². The maximum absolute atomic E-state index is 14.6. The highest BCUT2D eigenvalue weighted by Gasteiger charge is 2.49. The number of aromatic nitrogens is 3. The summed E-state index contributed by atoms with van der Waals surface area (Å²) in [5.41, 5.74) is 5.56. The molecule has 1 aliphatic carbocycles. The molecule has 2 N–H and O–H groups in total. The Hall–Kier alpha value is -3.94. The molecule has 2 aromatic heterocycles. The Bertz CT molecular complexity index is 1550. The van der Waals surface area contributed by atoms with Crippen molar-refractivity contribution in [1.29, 1.82) is 5.26 Å². The lowest BCUT2D eigenvalue weighted by molar-refractivity contribution is 0.0481. The average Bonchev–Trinajstić information content (AvgIpc) is 3.48. The van der Waals surface area contributed by atoms with Gasteiger partial charge in [-0.3, -0.25) is 14.7 Å². The molecule has 4 heterocycles. The van der Waals surface area contributed by atoms with Crippen molar-refractivity contribution >= 4 is 11.9 Å². The largest absolute Gasteiger partial charge is 0.492 e. The molecule has 3 aliphatic rings. The van der Waals surface area contributed by atoms with Crippen LogP contribution < -0.4 is 15.4 Å². The summed E-state index contributed by atoms with van der Waals surface area (Å²) in [6, 6.07) is 8.79. The lowest BCUT2D eigenvalue weighted by Crippen LogP contribution is -2.54. The Morgan fingerprint density at radius 3 is 2.61 bits per heavy atom. The number of rotatable bonds is 10. The molecule has 1 spiro atoms. The molecule has 10 heteroatoms. The first-order chi connectivity index (χ1) is 21.4. The van der Waals surface area contributed by atoms with E-state index in [9.17, 15) is 10.1 Å². The van der Waals surface area contributed by atoms with E-state index in [-0.39, 0.29) is 17.4 Å². The van der Waals surface area contributed by atoms with Gasteiger partial charge in [-0.05, 0) is 82.4 Å². The minimum atomic E-state index is -0.266. The number of imidazole rings is 1. The zero-order valence-corrected chi connectivity index (χ0v) is 26.4. The summed E-state index contributed by atoms with van der Waals surface area (Å²) in [6.07, 6.45) is 10.9. The number of pyridine rings is 1. The van der Waals surface area contributed by atoms with Crippen molar-refractivity contribution in [2.75, 3.05) is 45.7 Å². The first-order valence-electron chi connectivity index (χ1n) is 16.0. The minimum absolute atomic E-state index is 0.0469. The highest BCUT2D eigenvalue weighted by atomic mass is 16.5. The van der Waals surface area contributed by atoms with Gasteiger partial charge in [0.25, 0.3) is 5.91 Å². The molecular formula is C34H44N8O2. The molecule has 1 aromatic carbocycles. The van der Waals surface area contributed by atoms with E-state index in [2.05, 4.69) is 55.3 Å². The van der Waals surface area contributed by atoms with E-state index >= 15 is 0 Å². The number of carbonyl (C=O) groups excluding carboxylic acids is 1. The summed E-state index contributed by atoms with van der Waals surface area (Å²) in [5, 5.41) is 16.2. The number of nitrogens with one attached hydrogen (secondary N) is 2. The van der Waals surface area contributed by atoms with Crippen LogP contribution in [0.2, 0.25) is 0 Å². The molecule has 0 unspecified atom stereocenters. The summed E-state index contributed by atoms with van der Waals surface area (Å²) in [4.78, 5) is 28.2. The quantitative estimate of drug-likeness (QED) is 0.353. The molecule has 10 nitrogen and oxygen atoms in total. The van der Waals surface area contributed by atoms with Crippen LogP contribution in [0, 0.1) is 11.3 Å². The molecule has 2 fully saturated rings. The third-order valence-electron chi connectivity index (χ3n) is 9.97. The fourth-order valence-corrected chi connectivity index (χ4v) is 7.42. The first-order valence-corrected chi connectivity index (χ1v) is 16.0. The van der Waals surface area contributed by atoms with Gasteiger partial charge in [0.05, 0.1) is 24.9 Å². The molecule has 2 aliphatic heterocycles. The van der Waals surface area contributed by atoms with E-state index < -0.39 is 0 Å². The molecule has 1 saturated carbocycles. The number of nitriles is 1. The van der Waals surface area contributed by atoms with Crippen molar-refractivity contribution in [1.82, 2.24) is 29.7 Å². The van der Waals surface area contributed by atoms with Gasteiger partial charge in [0.1, 0.15) is 17.4 Å². The monoisotopic (exact) mass is 596 g/mol. The third kappa shape index (κ3) is 5.55. The zero-order chi connectivity index (χ0) is 30.8. The normalized spacial score (nSPS) is 18.9. The van der Waals surface area contributed by atoms with Gasteiger partial charge in [-0.1, -0.05) is 12.5 Å². The number of fused-ring (bicyclic) bond motifs is 2. The molecule has 1 amide bonds. The van der Waals surface area contributed by atoms with E-state index in [0.717, 1.165) is 74.5 Å². The van der Waals surface area contributed by atoms with Gasteiger partial charge >= 0.3 is 0 Å². The van der Waals surface area contributed by atoms with Gasteiger partial charge in [-0.2, -0.15) is 5.26 Å². The van der Waals surface area contributed by atoms with Gasteiger partial charge in [0.15, 0.2) is 0 Å². The van der Waals surface area contributed by atoms with Crippen molar-refractivity contribution in [2.45, 2.75) is 76.5 Å².